The summed E-state index contributed by atoms with van der Waals surface area (Å²) in [6, 6.07) is 5.88. The Morgan fingerprint density at radius 3 is 2.86 bits per heavy atom. The van der Waals surface area contributed by atoms with Gasteiger partial charge in [-0.2, -0.15) is 0 Å². The fourth-order valence-electron chi connectivity index (χ4n) is 3.88. The number of halogens is 1. The van der Waals surface area contributed by atoms with Crippen LogP contribution >= 0.6 is 27.3 Å². The summed E-state index contributed by atoms with van der Waals surface area (Å²) < 4.78 is 1.02. The molecule has 0 aliphatic carbocycles. The molecule has 2 aliphatic heterocycles. The number of amides is 2. The molecule has 8 heteroatoms. The second kappa shape index (κ2) is 8.21. The summed E-state index contributed by atoms with van der Waals surface area (Å²) in [5.74, 6) is -0.132. The van der Waals surface area contributed by atoms with Crippen molar-refractivity contribution in [3.8, 4) is 0 Å². The standard InChI is InChI=1S/C20H23BrN4O2S/c1-14-11-16(3-4-17(14)21)25-13-15(12-18(25)26)19(27)23-6-2-7-24(9-8-23)20-22-5-10-28-20/h3-5,10-11,15H,2,6-9,12-13H2,1H3. The molecule has 0 N–H and O–H groups in total. The number of carbonyl (C=O) groups is 2. The number of thiazole rings is 1. The zero-order valence-corrected chi connectivity index (χ0v) is 18.2. The maximum absolute atomic E-state index is 13.1. The SMILES string of the molecule is Cc1cc(N2CC(C(=O)N3CCCN(c4nccs4)CC3)CC2=O)ccc1Br. The molecule has 0 bridgehead atoms. The number of benzene rings is 1. The highest BCUT2D eigenvalue weighted by molar-refractivity contribution is 9.10. The van der Waals surface area contributed by atoms with Gasteiger partial charge in [-0.15, -0.1) is 11.3 Å². The number of nitrogens with zero attached hydrogens (tertiary/aromatic N) is 4. The van der Waals surface area contributed by atoms with Crippen LogP contribution in [0.4, 0.5) is 10.8 Å². The summed E-state index contributed by atoms with van der Waals surface area (Å²) in [4.78, 5) is 36.0. The van der Waals surface area contributed by atoms with Gasteiger partial charge in [-0.25, -0.2) is 4.98 Å². The molecule has 2 amide bonds. The second-order valence-electron chi connectivity index (χ2n) is 7.32. The lowest BCUT2D eigenvalue weighted by atomic mass is 10.1. The van der Waals surface area contributed by atoms with E-state index in [9.17, 15) is 9.59 Å². The smallest absolute Gasteiger partial charge is 0.228 e. The van der Waals surface area contributed by atoms with E-state index in [2.05, 4.69) is 25.8 Å². The number of hydrogen-bond donors (Lipinski definition) is 0. The molecule has 1 aromatic carbocycles. The van der Waals surface area contributed by atoms with Gasteiger partial charge in [0.25, 0.3) is 0 Å². The molecule has 2 fully saturated rings. The molecule has 4 rings (SSSR count). The van der Waals surface area contributed by atoms with Crippen molar-refractivity contribution in [1.29, 1.82) is 0 Å². The predicted molar refractivity (Wildman–Crippen MR) is 115 cm³/mol. The topological polar surface area (TPSA) is 56.8 Å². The Kier molecular flexibility index (Phi) is 5.68. The summed E-state index contributed by atoms with van der Waals surface area (Å²) in [7, 11) is 0. The van der Waals surface area contributed by atoms with E-state index in [4.69, 9.17) is 0 Å². The van der Waals surface area contributed by atoms with Crippen LogP contribution in [0.3, 0.4) is 0 Å². The van der Waals surface area contributed by atoms with Crippen molar-refractivity contribution in [2.75, 3.05) is 42.5 Å². The molecule has 0 radical (unpaired) electrons. The van der Waals surface area contributed by atoms with E-state index in [0.29, 0.717) is 19.5 Å². The summed E-state index contributed by atoms with van der Waals surface area (Å²) in [5, 5.41) is 2.99. The second-order valence-corrected chi connectivity index (χ2v) is 9.05. The molecule has 2 aromatic rings. The Morgan fingerprint density at radius 2 is 2.11 bits per heavy atom. The highest BCUT2D eigenvalue weighted by Gasteiger charge is 2.37. The van der Waals surface area contributed by atoms with Crippen LogP contribution in [0.25, 0.3) is 0 Å². The van der Waals surface area contributed by atoms with E-state index in [-0.39, 0.29) is 17.7 Å². The number of anilines is 2. The van der Waals surface area contributed by atoms with Crippen LogP contribution in [-0.4, -0.2) is 54.4 Å². The van der Waals surface area contributed by atoms with Gasteiger partial charge in [0.05, 0.1) is 5.92 Å². The normalized spacial score (nSPS) is 20.6. The minimum absolute atomic E-state index is 0.0271. The first-order valence-electron chi connectivity index (χ1n) is 9.52. The Hall–Kier alpha value is -1.93. The first kappa shape index (κ1) is 19.4. The highest BCUT2D eigenvalue weighted by atomic mass is 79.9. The number of rotatable bonds is 3. The maximum atomic E-state index is 13.1. The molecule has 6 nitrogen and oxygen atoms in total. The molecular formula is C20H23BrN4O2S. The van der Waals surface area contributed by atoms with Gasteiger partial charge in [0, 0.05) is 60.9 Å². The van der Waals surface area contributed by atoms with Gasteiger partial charge in [0.15, 0.2) is 5.13 Å². The van der Waals surface area contributed by atoms with Crippen LogP contribution in [0.1, 0.15) is 18.4 Å². The first-order chi connectivity index (χ1) is 13.5. The molecule has 0 spiro atoms. The molecule has 2 aliphatic rings. The van der Waals surface area contributed by atoms with E-state index in [1.807, 2.05) is 41.6 Å². The molecule has 148 valence electrons. The fourth-order valence-corrected chi connectivity index (χ4v) is 4.82. The third-order valence-electron chi connectivity index (χ3n) is 5.42. The van der Waals surface area contributed by atoms with Crippen LogP contribution in [0.2, 0.25) is 0 Å². The van der Waals surface area contributed by atoms with E-state index in [1.54, 1.807) is 16.2 Å². The van der Waals surface area contributed by atoms with Crippen molar-refractivity contribution in [3.63, 3.8) is 0 Å². The predicted octanol–water partition coefficient (Wildman–Crippen LogP) is 3.31. The Morgan fingerprint density at radius 1 is 1.25 bits per heavy atom. The highest BCUT2D eigenvalue weighted by Crippen LogP contribution is 2.29. The fraction of sp³-hybridized carbons (Fsp3) is 0.450. The maximum Gasteiger partial charge on any atom is 0.228 e. The van der Waals surface area contributed by atoms with Crippen molar-refractivity contribution >= 4 is 49.9 Å². The molecule has 2 saturated heterocycles. The lowest BCUT2D eigenvalue weighted by molar-refractivity contribution is -0.135. The number of aromatic nitrogens is 1. The third kappa shape index (κ3) is 3.93. The molecule has 1 atom stereocenters. The molecular weight excluding hydrogens is 440 g/mol. The van der Waals surface area contributed by atoms with Gasteiger partial charge in [0.1, 0.15) is 0 Å². The van der Waals surface area contributed by atoms with Crippen molar-refractivity contribution < 1.29 is 9.59 Å². The number of carbonyl (C=O) groups excluding carboxylic acids is 2. The first-order valence-corrected chi connectivity index (χ1v) is 11.2. The van der Waals surface area contributed by atoms with Gasteiger partial charge in [0.2, 0.25) is 11.8 Å². The quantitative estimate of drug-likeness (QED) is 0.701. The number of aryl methyl sites for hydroxylation is 1. The minimum atomic E-state index is -0.261. The van der Waals surface area contributed by atoms with Crippen molar-refractivity contribution in [3.05, 3.63) is 39.8 Å². The Labute approximate surface area is 177 Å². The van der Waals surface area contributed by atoms with Gasteiger partial charge in [-0.1, -0.05) is 15.9 Å². The van der Waals surface area contributed by atoms with Crippen LogP contribution < -0.4 is 9.80 Å². The van der Waals surface area contributed by atoms with Crippen LogP contribution in [0, 0.1) is 12.8 Å². The molecule has 1 aromatic heterocycles. The number of hydrogen-bond acceptors (Lipinski definition) is 5. The van der Waals surface area contributed by atoms with Crippen molar-refractivity contribution in [2.45, 2.75) is 19.8 Å². The zero-order chi connectivity index (χ0) is 19.7. The zero-order valence-electron chi connectivity index (χ0n) is 15.8. The third-order valence-corrected chi connectivity index (χ3v) is 7.15. The van der Waals surface area contributed by atoms with Crippen molar-refractivity contribution in [2.24, 2.45) is 5.92 Å². The monoisotopic (exact) mass is 462 g/mol. The van der Waals surface area contributed by atoms with Crippen LogP contribution in [-0.2, 0) is 9.59 Å². The summed E-state index contributed by atoms with van der Waals surface area (Å²) in [6.45, 7) is 5.58. The Balaban J connectivity index is 1.41. The lowest BCUT2D eigenvalue weighted by Crippen LogP contribution is -2.40. The van der Waals surface area contributed by atoms with Gasteiger partial charge < -0.3 is 14.7 Å². The minimum Gasteiger partial charge on any atom is -0.346 e. The van der Waals surface area contributed by atoms with Gasteiger partial charge >= 0.3 is 0 Å². The summed E-state index contributed by atoms with van der Waals surface area (Å²) in [5.41, 5.74) is 1.95. The molecule has 28 heavy (non-hydrogen) atoms. The van der Waals surface area contributed by atoms with Crippen LogP contribution in [0.5, 0.6) is 0 Å². The summed E-state index contributed by atoms with van der Waals surface area (Å²) in [6.07, 6.45) is 3.03. The van der Waals surface area contributed by atoms with E-state index < -0.39 is 0 Å². The average Bonchev–Trinajstić information content (AvgIpc) is 3.28. The van der Waals surface area contributed by atoms with Gasteiger partial charge in [-0.05, 0) is 37.1 Å². The summed E-state index contributed by atoms with van der Waals surface area (Å²) >= 11 is 5.13. The molecule has 1 unspecified atom stereocenters. The van der Waals surface area contributed by atoms with Crippen molar-refractivity contribution in [1.82, 2.24) is 9.88 Å². The largest absolute Gasteiger partial charge is 0.346 e. The average molecular weight is 463 g/mol. The Bertz CT molecular complexity index is 873. The van der Waals surface area contributed by atoms with Gasteiger partial charge in [-0.3, -0.25) is 9.59 Å². The molecule has 0 saturated carbocycles. The van der Waals surface area contributed by atoms with Crippen LogP contribution in [0.15, 0.2) is 34.2 Å². The van der Waals surface area contributed by atoms with E-state index in [0.717, 1.165) is 46.9 Å². The van der Waals surface area contributed by atoms with E-state index >= 15 is 0 Å². The lowest BCUT2D eigenvalue weighted by Gasteiger charge is -2.24. The van der Waals surface area contributed by atoms with E-state index in [1.165, 1.54) is 0 Å². The molecule has 3 heterocycles.